The molecule has 3 rings (SSSR count). The molecule has 1 saturated carbocycles. The highest BCUT2D eigenvalue weighted by Crippen LogP contribution is 2.22. The minimum absolute atomic E-state index is 0.248. The monoisotopic (exact) mass is 387 g/mol. The molecule has 2 heterocycles. The maximum Gasteiger partial charge on any atom is 0.326 e. The van der Waals surface area contributed by atoms with E-state index in [1.165, 1.54) is 19.3 Å². The number of aromatic nitrogens is 4. The first-order valence-corrected chi connectivity index (χ1v) is 9.98. The quantitative estimate of drug-likeness (QED) is 0.679. The number of hydrogen-bond donors (Lipinski definition) is 2. The molecule has 0 aromatic carbocycles. The van der Waals surface area contributed by atoms with E-state index in [0.29, 0.717) is 24.8 Å². The number of rotatable bonds is 9. The van der Waals surface area contributed by atoms with Crippen LogP contribution in [0, 0.1) is 5.92 Å². The highest BCUT2D eigenvalue weighted by atomic mass is 16.5. The Balaban J connectivity index is 1.79. The Morgan fingerprint density at radius 3 is 2.75 bits per heavy atom. The second-order valence-corrected chi connectivity index (χ2v) is 7.75. The van der Waals surface area contributed by atoms with Crippen LogP contribution in [0.5, 0.6) is 0 Å². The van der Waals surface area contributed by atoms with E-state index in [0.717, 1.165) is 18.5 Å². The van der Waals surface area contributed by atoms with Crippen molar-refractivity contribution in [2.45, 2.75) is 71.1 Å². The molecule has 1 fully saturated rings. The zero-order valence-electron chi connectivity index (χ0n) is 16.5. The molecule has 0 saturated heterocycles. The first-order valence-electron chi connectivity index (χ1n) is 9.98. The van der Waals surface area contributed by atoms with Crippen LogP contribution in [-0.2, 0) is 16.1 Å². The van der Waals surface area contributed by atoms with E-state index in [1.54, 1.807) is 29.4 Å². The van der Waals surface area contributed by atoms with Gasteiger partial charge in [0.1, 0.15) is 18.2 Å². The van der Waals surface area contributed by atoms with Crippen molar-refractivity contribution in [3.8, 4) is 5.95 Å². The summed E-state index contributed by atoms with van der Waals surface area (Å²) in [5.41, 5.74) is 0.723. The van der Waals surface area contributed by atoms with E-state index in [1.807, 2.05) is 13.8 Å². The van der Waals surface area contributed by atoms with Crippen molar-refractivity contribution >= 4 is 11.8 Å². The van der Waals surface area contributed by atoms with Crippen LogP contribution in [0.15, 0.2) is 24.8 Å². The maximum absolute atomic E-state index is 11.6. The van der Waals surface area contributed by atoms with Crippen molar-refractivity contribution in [1.29, 1.82) is 0 Å². The Bertz CT molecular complexity index is 757. The third kappa shape index (κ3) is 5.76. The van der Waals surface area contributed by atoms with E-state index in [2.05, 4.69) is 20.3 Å². The Morgan fingerprint density at radius 2 is 2.11 bits per heavy atom. The molecule has 1 unspecified atom stereocenters. The summed E-state index contributed by atoms with van der Waals surface area (Å²) in [7, 11) is 0. The van der Waals surface area contributed by atoms with Crippen LogP contribution in [0.2, 0.25) is 0 Å². The van der Waals surface area contributed by atoms with Gasteiger partial charge in [0, 0.05) is 18.5 Å². The molecule has 1 aliphatic rings. The largest absolute Gasteiger partial charge is 0.480 e. The molecule has 28 heavy (non-hydrogen) atoms. The average Bonchev–Trinajstić information content (AvgIpc) is 3.21. The van der Waals surface area contributed by atoms with Crippen LogP contribution in [0.1, 0.15) is 58.1 Å². The topological polar surface area (TPSA) is 102 Å². The van der Waals surface area contributed by atoms with E-state index < -0.39 is 12.0 Å². The molecule has 1 aliphatic carbocycles. The van der Waals surface area contributed by atoms with Crippen LogP contribution in [0.3, 0.4) is 0 Å². The summed E-state index contributed by atoms with van der Waals surface area (Å²) in [6.45, 7) is 4.38. The molecule has 2 N–H and O–H groups in total. The van der Waals surface area contributed by atoms with Gasteiger partial charge in [-0.1, -0.05) is 33.1 Å². The fourth-order valence-corrected chi connectivity index (χ4v) is 3.43. The lowest BCUT2D eigenvalue weighted by Crippen LogP contribution is -2.31. The van der Waals surface area contributed by atoms with Gasteiger partial charge in [-0.2, -0.15) is 4.98 Å². The van der Waals surface area contributed by atoms with E-state index in [-0.39, 0.29) is 12.0 Å². The minimum atomic E-state index is -0.892. The average molecular weight is 387 g/mol. The van der Waals surface area contributed by atoms with Gasteiger partial charge in [0.15, 0.2) is 0 Å². The molecule has 0 amide bonds. The molecule has 152 valence electrons. The van der Waals surface area contributed by atoms with Crippen molar-refractivity contribution in [2.75, 3.05) is 5.32 Å². The molecule has 2 aromatic heterocycles. The molecule has 0 radical (unpaired) electrons. The van der Waals surface area contributed by atoms with Crippen molar-refractivity contribution in [3.05, 3.63) is 30.5 Å². The molecule has 0 spiro atoms. The third-order valence-corrected chi connectivity index (χ3v) is 4.85. The van der Waals surface area contributed by atoms with Crippen LogP contribution in [-0.4, -0.2) is 42.7 Å². The van der Waals surface area contributed by atoms with E-state index >= 15 is 0 Å². The van der Waals surface area contributed by atoms with E-state index in [9.17, 15) is 9.90 Å². The highest BCUT2D eigenvalue weighted by Gasteiger charge is 2.20. The number of hydrogen-bond acceptors (Lipinski definition) is 6. The van der Waals surface area contributed by atoms with Crippen LogP contribution < -0.4 is 5.32 Å². The van der Waals surface area contributed by atoms with Gasteiger partial charge < -0.3 is 15.2 Å². The molecule has 8 heteroatoms. The second-order valence-electron chi connectivity index (χ2n) is 7.75. The fraction of sp³-hybridized carbons (Fsp3) is 0.600. The second kappa shape index (κ2) is 9.64. The predicted molar refractivity (Wildman–Crippen MR) is 105 cm³/mol. The first-order chi connectivity index (χ1) is 13.5. The molecular formula is C20H29N5O3. The van der Waals surface area contributed by atoms with Crippen LogP contribution in [0.4, 0.5) is 5.82 Å². The van der Waals surface area contributed by atoms with Gasteiger partial charge in [0.05, 0.1) is 18.4 Å². The lowest BCUT2D eigenvalue weighted by atomic mass is 9.98. The lowest BCUT2D eigenvalue weighted by Gasteiger charge is -2.22. The summed E-state index contributed by atoms with van der Waals surface area (Å²) in [4.78, 5) is 24.7. The van der Waals surface area contributed by atoms with Gasteiger partial charge >= 0.3 is 5.97 Å². The third-order valence-electron chi connectivity index (χ3n) is 4.85. The standard InChI is InChI=1S/C20H29N5O3/c1-14(2)10-17(19(26)27)23-18-11-15(12-28-16-6-4-3-5-7-16)22-20(24-18)25-9-8-21-13-25/h8-9,11,13-14,16-17H,3-7,10,12H2,1-2H3,(H,26,27)(H,22,23,24). The predicted octanol–water partition coefficient (Wildman–Crippen LogP) is 3.42. The number of nitrogens with zero attached hydrogens (tertiary/aromatic N) is 4. The summed E-state index contributed by atoms with van der Waals surface area (Å²) in [6.07, 6.45) is 11.7. The van der Waals surface area contributed by atoms with E-state index in [4.69, 9.17) is 4.74 Å². The van der Waals surface area contributed by atoms with Crippen molar-refractivity contribution in [1.82, 2.24) is 19.5 Å². The molecule has 8 nitrogen and oxygen atoms in total. The van der Waals surface area contributed by atoms with Crippen molar-refractivity contribution in [3.63, 3.8) is 0 Å². The molecule has 0 bridgehead atoms. The van der Waals surface area contributed by atoms with Gasteiger partial charge in [-0.05, 0) is 25.2 Å². The highest BCUT2D eigenvalue weighted by molar-refractivity contribution is 5.76. The molecule has 2 aromatic rings. The van der Waals surface area contributed by atoms with Crippen molar-refractivity contribution in [2.24, 2.45) is 5.92 Å². The first kappa shape index (κ1) is 20.3. The fourth-order valence-electron chi connectivity index (χ4n) is 3.43. The Kier molecular flexibility index (Phi) is 6.97. The van der Waals surface area contributed by atoms with Gasteiger partial charge in [0.25, 0.3) is 0 Å². The number of carboxylic acid groups (broad SMARTS) is 1. The van der Waals surface area contributed by atoms with Gasteiger partial charge in [-0.15, -0.1) is 0 Å². The van der Waals surface area contributed by atoms with Gasteiger partial charge in [-0.3, -0.25) is 4.57 Å². The number of carbonyl (C=O) groups is 1. The zero-order chi connectivity index (χ0) is 19.9. The number of carboxylic acids is 1. The summed E-state index contributed by atoms with van der Waals surface area (Å²) in [6, 6.07) is 1.07. The molecule has 0 aliphatic heterocycles. The van der Waals surface area contributed by atoms with Gasteiger partial charge in [-0.25, -0.2) is 14.8 Å². The molecule has 1 atom stereocenters. The lowest BCUT2D eigenvalue weighted by molar-refractivity contribution is -0.138. The summed E-state index contributed by atoms with van der Waals surface area (Å²) in [5, 5.41) is 12.6. The van der Waals surface area contributed by atoms with Crippen molar-refractivity contribution < 1.29 is 14.6 Å². The summed E-state index contributed by atoms with van der Waals surface area (Å²) in [5.74, 6) is 0.279. The van der Waals surface area contributed by atoms with Gasteiger partial charge in [0.2, 0.25) is 5.95 Å². The minimum Gasteiger partial charge on any atom is -0.480 e. The number of aliphatic carboxylic acids is 1. The summed E-state index contributed by atoms with van der Waals surface area (Å²) < 4.78 is 7.76. The maximum atomic E-state index is 11.6. The Hall–Kier alpha value is -2.48. The Morgan fingerprint density at radius 1 is 1.32 bits per heavy atom. The number of imidazole rings is 1. The normalized spacial score (nSPS) is 16.2. The molecular weight excluding hydrogens is 358 g/mol. The number of anilines is 1. The zero-order valence-corrected chi connectivity index (χ0v) is 16.5. The Labute approximate surface area is 165 Å². The number of nitrogens with one attached hydrogen (secondary N) is 1. The summed E-state index contributed by atoms with van der Waals surface area (Å²) >= 11 is 0. The SMILES string of the molecule is CC(C)CC(Nc1cc(COC2CCCCC2)nc(-n2ccnc2)n1)C(=O)O. The van der Waals surface area contributed by atoms with Crippen LogP contribution >= 0.6 is 0 Å². The van der Waals surface area contributed by atoms with Crippen LogP contribution in [0.25, 0.3) is 5.95 Å². The smallest absolute Gasteiger partial charge is 0.326 e. The number of ether oxygens (including phenoxy) is 1.